The number of aliphatic carboxylic acids is 1. The third-order valence-electron chi connectivity index (χ3n) is 1.56. The van der Waals surface area contributed by atoms with Gasteiger partial charge in [-0.25, -0.2) is 15.1 Å². The van der Waals surface area contributed by atoms with E-state index in [0.717, 1.165) is 12.2 Å². The Morgan fingerprint density at radius 3 is 2.67 bits per heavy atom. The number of amides is 2. The summed E-state index contributed by atoms with van der Waals surface area (Å²) in [5.74, 6) is -0.325. The zero-order valence-corrected chi connectivity index (χ0v) is 9.60. The molecule has 0 aliphatic heterocycles. The van der Waals surface area contributed by atoms with Crippen LogP contribution in [-0.2, 0) is 9.63 Å². The number of urea groups is 1. The van der Waals surface area contributed by atoms with E-state index in [0.29, 0.717) is 0 Å². The molecule has 0 aromatic heterocycles. The van der Waals surface area contributed by atoms with Gasteiger partial charge in [0.2, 0.25) is 0 Å². The smallest absolute Gasteiger partial charge is 0.338 e. The Kier molecular flexibility index (Phi) is 7.84. The Hall–Kier alpha value is -0.950. The van der Waals surface area contributed by atoms with E-state index in [-0.39, 0.29) is 6.04 Å². The molecule has 0 bridgehead atoms. The molecule has 88 valence electrons. The summed E-state index contributed by atoms with van der Waals surface area (Å²) in [6.07, 6.45) is 2.76. The van der Waals surface area contributed by atoms with Crippen molar-refractivity contribution in [3.8, 4) is 0 Å². The van der Waals surface area contributed by atoms with Crippen molar-refractivity contribution < 1.29 is 19.5 Å². The number of hydrogen-bond acceptors (Lipinski definition) is 4. The number of nitrogens with one attached hydrogen (secondary N) is 2. The Bertz CT molecular complexity index is 213. The van der Waals surface area contributed by atoms with Crippen LogP contribution in [0.3, 0.4) is 0 Å². The molecule has 0 aromatic rings. The molecule has 0 heterocycles. The van der Waals surface area contributed by atoms with Crippen LogP contribution in [0.25, 0.3) is 0 Å². The van der Waals surface area contributed by atoms with Crippen molar-refractivity contribution in [3.63, 3.8) is 0 Å². The third kappa shape index (κ3) is 8.07. The van der Waals surface area contributed by atoms with Crippen molar-refractivity contribution in [2.45, 2.75) is 19.4 Å². The molecule has 0 spiro atoms. The molecule has 0 rings (SSSR count). The van der Waals surface area contributed by atoms with E-state index in [9.17, 15) is 9.59 Å². The molecule has 0 fully saturated rings. The summed E-state index contributed by atoms with van der Waals surface area (Å²) in [6, 6.07) is -0.453. The lowest BCUT2D eigenvalue weighted by molar-refractivity contribution is -0.144. The second kappa shape index (κ2) is 8.37. The fourth-order valence-corrected chi connectivity index (χ4v) is 1.56. The standard InChI is InChI=1S/C8H16N2O4S/c1-3-6(5-15-2)9-8(13)10-14-4-7(11)12/h6H,3-5H2,1-2H3,(H,11,12)(H2,9,10,13). The maximum atomic E-state index is 11.1. The second-order valence-electron chi connectivity index (χ2n) is 2.82. The van der Waals surface area contributed by atoms with Gasteiger partial charge >= 0.3 is 12.0 Å². The maximum absolute atomic E-state index is 11.1. The summed E-state index contributed by atoms with van der Waals surface area (Å²) in [6.45, 7) is 1.41. The molecular weight excluding hydrogens is 220 g/mol. The number of thioether (sulfide) groups is 1. The Labute approximate surface area is 92.7 Å². The van der Waals surface area contributed by atoms with Crippen LogP contribution < -0.4 is 10.8 Å². The molecule has 15 heavy (non-hydrogen) atoms. The van der Waals surface area contributed by atoms with Crippen molar-refractivity contribution in [1.29, 1.82) is 0 Å². The predicted octanol–water partition coefficient (Wildman–Crippen LogP) is 0.443. The number of hydroxylamine groups is 1. The van der Waals surface area contributed by atoms with Crippen LogP contribution in [0.2, 0.25) is 0 Å². The van der Waals surface area contributed by atoms with Crippen molar-refractivity contribution in [3.05, 3.63) is 0 Å². The minimum absolute atomic E-state index is 0.0634. The van der Waals surface area contributed by atoms with Crippen molar-refractivity contribution in [2.75, 3.05) is 18.6 Å². The lowest BCUT2D eigenvalue weighted by atomic mass is 10.3. The van der Waals surface area contributed by atoms with Gasteiger partial charge in [-0.3, -0.25) is 4.84 Å². The molecule has 0 aliphatic carbocycles. The number of rotatable bonds is 7. The van der Waals surface area contributed by atoms with Crippen LogP contribution in [0, 0.1) is 0 Å². The average molecular weight is 236 g/mol. The fraction of sp³-hybridized carbons (Fsp3) is 0.750. The van der Waals surface area contributed by atoms with Gasteiger partial charge in [0, 0.05) is 11.8 Å². The van der Waals surface area contributed by atoms with E-state index in [2.05, 4.69) is 10.2 Å². The fourth-order valence-electron chi connectivity index (χ4n) is 0.841. The van der Waals surface area contributed by atoms with Gasteiger partial charge in [-0.1, -0.05) is 6.92 Å². The lowest BCUT2D eigenvalue weighted by Gasteiger charge is -2.15. The quantitative estimate of drug-likeness (QED) is 0.558. The van der Waals surface area contributed by atoms with Gasteiger partial charge in [-0.05, 0) is 12.7 Å². The highest BCUT2D eigenvalue weighted by atomic mass is 32.2. The lowest BCUT2D eigenvalue weighted by Crippen LogP contribution is -2.43. The van der Waals surface area contributed by atoms with Gasteiger partial charge in [0.05, 0.1) is 0 Å². The van der Waals surface area contributed by atoms with Gasteiger partial charge in [0.1, 0.15) is 0 Å². The summed E-state index contributed by atoms with van der Waals surface area (Å²) < 4.78 is 0. The van der Waals surface area contributed by atoms with Crippen LogP contribution in [0.5, 0.6) is 0 Å². The largest absolute Gasteiger partial charge is 0.479 e. The molecule has 0 saturated carbocycles. The first-order chi connectivity index (χ1) is 7.10. The van der Waals surface area contributed by atoms with Gasteiger partial charge in [-0.2, -0.15) is 11.8 Å². The number of carboxylic acid groups (broad SMARTS) is 1. The molecule has 2 amide bonds. The van der Waals surface area contributed by atoms with Gasteiger partial charge < -0.3 is 10.4 Å². The molecule has 1 unspecified atom stereocenters. The third-order valence-corrected chi connectivity index (χ3v) is 2.29. The number of hydrogen-bond donors (Lipinski definition) is 3. The first kappa shape index (κ1) is 14.1. The first-order valence-electron chi connectivity index (χ1n) is 4.49. The van der Waals surface area contributed by atoms with Crippen LogP contribution in [0.15, 0.2) is 0 Å². The van der Waals surface area contributed by atoms with Crippen molar-refractivity contribution in [1.82, 2.24) is 10.8 Å². The minimum atomic E-state index is -1.13. The summed E-state index contributed by atoms with van der Waals surface area (Å²) in [5, 5.41) is 10.9. The Balaban J connectivity index is 3.66. The minimum Gasteiger partial charge on any atom is -0.479 e. The highest BCUT2D eigenvalue weighted by molar-refractivity contribution is 7.98. The van der Waals surface area contributed by atoms with E-state index in [1.165, 1.54) is 0 Å². The zero-order chi connectivity index (χ0) is 11.7. The molecule has 0 aromatic carbocycles. The molecule has 0 radical (unpaired) electrons. The maximum Gasteiger partial charge on any atom is 0.338 e. The predicted molar refractivity (Wildman–Crippen MR) is 57.7 cm³/mol. The van der Waals surface area contributed by atoms with E-state index in [1.54, 1.807) is 11.8 Å². The molecule has 6 nitrogen and oxygen atoms in total. The average Bonchev–Trinajstić information content (AvgIpc) is 2.16. The first-order valence-corrected chi connectivity index (χ1v) is 5.88. The zero-order valence-electron chi connectivity index (χ0n) is 8.78. The molecule has 0 aliphatic rings. The van der Waals surface area contributed by atoms with E-state index in [1.807, 2.05) is 18.7 Å². The van der Waals surface area contributed by atoms with E-state index >= 15 is 0 Å². The molecule has 0 saturated heterocycles. The molecule has 1 atom stereocenters. The summed E-state index contributed by atoms with van der Waals surface area (Å²) in [5.41, 5.74) is 2.00. The Morgan fingerprint density at radius 1 is 1.53 bits per heavy atom. The molecule has 7 heteroatoms. The van der Waals surface area contributed by atoms with Gasteiger partial charge in [-0.15, -0.1) is 0 Å². The van der Waals surface area contributed by atoms with Crippen molar-refractivity contribution >= 4 is 23.8 Å². The van der Waals surface area contributed by atoms with Crippen LogP contribution in [0.1, 0.15) is 13.3 Å². The second-order valence-corrected chi connectivity index (χ2v) is 3.73. The SMILES string of the molecule is CCC(CSC)NC(=O)NOCC(=O)O. The topological polar surface area (TPSA) is 87.7 Å². The summed E-state index contributed by atoms with van der Waals surface area (Å²) in [4.78, 5) is 25.6. The van der Waals surface area contributed by atoms with E-state index in [4.69, 9.17) is 5.11 Å². The molecular formula is C8H16N2O4S. The van der Waals surface area contributed by atoms with Crippen LogP contribution in [-0.4, -0.2) is 41.8 Å². The summed E-state index contributed by atoms with van der Waals surface area (Å²) >= 11 is 1.63. The number of carboxylic acids is 1. The number of carbonyl (C=O) groups is 2. The van der Waals surface area contributed by atoms with Gasteiger partial charge in [0.25, 0.3) is 0 Å². The van der Waals surface area contributed by atoms with Gasteiger partial charge in [0.15, 0.2) is 6.61 Å². The summed E-state index contributed by atoms with van der Waals surface area (Å²) in [7, 11) is 0. The normalized spacial score (nSPS) is 11.9. The Morgan fingerprint density at radius 2 is 2.20 bits per heavy atom. The highest BCUT2D eigenvalue weighted by Crippen LogP contribution is 2.00. The highest BCUT2D eigenvalue weighted by Gasteiger charge is 2.09. The number of carbonyl (C=O) groups excluding carboxylic acids is 1. The van der Waals surface area contributed by atoms with Crippen LogP contribution >= 0.6 is 11.8 Å². The van der Waals surface area contributed by atoms with Crippen LogP contribution in [0.4, 0.5) is 4.79 Å². The monoisotopic (exact) mass is 236 g/mol. The van der Waals surface area contributed by atoms with Crippen molar-refractivity contribution in [2.24, 2.45) is 0 Å². The van der Waals surface area contributed by atoms with E-state index < -0.39 is 18.6 Å². The molecule has 3 N–H and O–H groups in total.